The Kier molecular flexibility index (Phi) is 6.40. The van der Waals surface area contributed by atoms with E-state index in [2.05, 4.69) is 33.8 Å². The van der Waals surface area contributed by atoms with Crippen LogP contribution in [0.5, 0.6) is 0 Å². The summed E-state index contributed by atoms with van der Waals surface area (Å²) in [5.74, 6) is -0.136. The van der Waals surface area contributed by atoms with E-state index < -0.39 is 0 Å². The number of carbonyl (C=O) groups excluding carboxylic acids is 1. The van der Waals surface area contributed by atoms with Crippen molar-refractivity contribution in [2.45, 2.75) is 39.3 Å². The topological polar surface area (TPSA) is 43.3 Å². The molecule has 4 nitrogen and oxygen atoms in total. The van der Waals surface area contributed by atoms with Crippen molar-refractivity contribution in [1.29, 1.82) is 0 Å². The Bertz CT molecular complexity index is 334. The molecule has 17 heavy (non-hydrogen) atoms. The summed E-state index contributed by atoms with van der Waals surface area (Å²) in [6.45, 7) is 4.94. The lowest BCUT2D eigenvalue weighted by molar-refractivity contribution is -0.140. The molecule has 1 rings (SSSR count). The summed E-state index contributed by atoms with van der Waals surface area (Å²) in [6.07, 6.45) is 4.50. The van der Waals surface area contributed by atoms with Crippen LogP contribution >= 0.6 is 0 Å². The summed E-state index contributed by atoms with van der Waals surface area (Å²) < 4.78 is 6.80. The third-order valence-corrected chi connectivity index (χ3v) is 2.66. The molecule has 0 saturated heterocycles. The Hall–Kier alpha value is -1.29. The van der Waals surface area contributed by atoms with Crippen molar-refractivity contribution in [2.24, 2.45) is 0 Å². The first-order chi connectivity index (χ1) is 8.27. The van der Waals surface area contributed by atoms with E-state index in [9.17, 15) is 4.79 Å². The maximum absolute atomic E-state index is 11.0. The highest BCUT2D eigenvalue weighted by Gasteiger charge is 2.03. The minimum Gasteiger partial charge on any atom is -0.469 e. The zero-order chi connectivity index (χ0) is 12.5. The van der Waals surface area contributed by atoms with E-state index in [0.717, 1.165) is 32.5 Å². The van der Waals surface area contributed by atoms with Gasteiger partial charge in [0, 0.05) is 31.4 Å². The molecule has 96 valence electrons. The number of ether oxygens (including phenoxy) is 1. The molecule has 4 heteroatoms. The number of aryl methyl sites for hydroxylation is 1. The third kappa shape index (κ3) is 5.04. The summed E-state index contributed by atoms with van der Waals surface area (Å²) in [5, 5.41) is 3.38. The van der Waals surface area contributed by atoms with Crippen molar-refractivity contribution in [3.63, 3.8) is 0 Å². The number of nitrogens with one attached hydrogen (secondary N) is 1. The predicted molar refractivity (Wildman–Crippen MR) is 67.7 cm³/mol. The van der Waals surface area contributed by atoms with Gasteiger partial charge in [-0.2, -0.15) is 0 Å². The van der Waals surface area contributed by atoms with Gasteiger partial charge in [0.2, 0.25) is 0 Å². The maximum atomic E-state index is 11.0. The first-order valence-corrected chi connectivity index (χ1v) is 6.19. The van der Waals surface area contributed by atoms with Gasteiger partial charge in [-0.1, -0.05) is 6.92 Å². The largest absolute Gasteiger partial charge is 0.469 e. The monoisotopic (exact) mass is 238 g/mol. The maximum Gasteiger partial charge on any atom is 0.305 e. The van der Waals surface area contributed by atoms with Crippen LogP contribution < -0.4 is 5.32 Å². The fourth-order valence-electron chi connectivity index (χ4n) is 1.72. The number of aromatic nitrogens is 1. The first kappa shape index (κ1) is 13.8. The minimum absolute atomic E-state index is 0.136. The van der Waals surface area contributed by atoms with Gasteiger partial charge in [0.15, 0.2) is 0 Å². The van der Waals surface area contributed by atoms with Gasteiger partial charge in [-0.25, -0.2) is 0 Å². The fourth-order valence-corrected chi connectivity index (χ4v) is 1.72. The number of nitrogens with zero attached hydrogens (tertiary/aromatic N) is 1. The molecule has 0 atom stereocenters. The molecule has 0 spiro atoms. The van der Waals surface area contributed by atoms with Gasteiger partial charge in [-0.15, -0.1) is 0 Å². The number of hydrogen-bond acceptors (Lipinski definition) is 3. The number of esters is 1. The first-order valence-electron chi connectivity index (χ1n) is 6.19. The highest BCUT2D eigenvalue weighted by Crippen LogP contribution is 2.05. The van der Waals surface area contributed by atoms with Crippen LogP contribution in [0.4, 0.5) is 0 Å². The van der Waals surface area contributed by atoms with Crippen LogP contribution in [0.1, 0.15) is 31.9 Å². The SMILES string of the molecule is CCCNCc1cccn1CCCC(=O)OC. The quantitative estimate of drug-likeness (QED) is 0.556. The smallest absolute Gasteiger partial charge is 0.305 e. The van der Waals surface area contributed by atoms with Crippen molar-refractivity contribution in [3.8, 4) is 0 Å². The second-order valence-electron chi connectivity index (χ2n) is 4.05. The van der Waals surface area contributed by atoms with Gasteiger partial charge in [-0.05, 0) is 31.5 Å². The van der Waals surface area contributed by atoms with E-state index in [1.807, 2.05) is 6.07 Å². The van der Waals surface area contributed by atoms with Crippen molar-refractivity contribution in [2.75, 3.05) is 13.7 Å². The lowest BCUT2D eigenvalue weighted by Gasteiger charge is -2.09. The summed E-state index contributed by atoms with van der Waals surface area (Å²) >= 11 is 0. The van der Waals surface area contributed by atoms with Crippen molar-refractivity contribution < 1.29 is 9.53 Å². The molecule has 0 amide bonds. The Morgan fingerprint density at radius 3 is 3.06 bits per heavy atom. The second kappa shape index (κ2) is 7.90. The summed E-state index contributed by atoms with van der Waals surface area (Å²) in [4.78, 5) is 11.0. The van der Waals surface area contributed by atoms with E-state index in [1.54, 1.807) is 0 Å². The van der Waals surface area contributed by atoms with E-state index in [-0.39, 0.29) is 5.97 Å². The fraction of sp³-hybridized carbons (Fsp3) is 0.615. The average Bonchev–Trinajstić information content (AvgIpc) is 2.77. The van der Waals surface area contributed by atoms with Crippen LogP contribution in [-0.2, 0) is 22.6 Å². The van der Waals surface area contributed by atoms with Gasteiger partial charge in [0.05, 0.1) is 7.11 Å². The summed E-state index contributed by atoms with van der Waals surface area (Å²) in [7, 11) is 1.43. The lowest BCUT2D eigenvalue weighted by atomic mass is 10.3. The molecule has 1 aromatic heterocycles. The Balaban J connectivity index is 2.32. The molecule has 0 bridgehead atoms. The number of hydrogen-bond donors (Lipinski definition) is 1. The Labute approximate surface area is 103 Å². The van der Waals surface area contributed by atoms with Crippen LogP contribution in [-0.4, -0.2) is 24.2 Å². The van der Waals surface area contributed by atoms with Crippen molar-refractivity contribution in [1.82, 2.24) is 9.88 Å². The highest BCUT2D eigenvalue weighted by atomic mass is 16.5. The third-order valence-electron chi connectivity index (χ3n) is 2.66. The van der Waals surface area contributed by atoms with Gasteiger partial charge in [0.25, 0.3) is 0 Å². The Morgan fingerprint density at radius 2 is 2.35 bits per heavy atom. The molecule has 1 N–H and O–H groups in total. The molecular formula is C13H22N2O2. The summed E-state index contributed by atoms with van der Waals surface area (Å²) in [6, 6.07) is 4.15. The molecule has 1 aromatic rings. The van der Waals surface area contributed by atoms with Crippen molar-refractivity contribution >= 4 is 5.97 Å². The minimum atomic E-state index is -0.136. The van der Waals surface area contributed by atoms with Crippen LogP contribution in [0, 0.1) is 0 Å². The molecule has 0 aromatic carbocycles. The van der Waals surface area contributed by atoms with E-state index in [1.165, 1.54) is 12.8 Å². The molecule has 1 heterocycles. The van der Waals surface area contributed by atoms with Crippen LogP contribution in [0.3, 0.4) is 0 Å². The molecule has 0 aliphatic heterocycles. The van der Waals surface area contributed by atoms with Crippen LogP contribution in [0.25, 0.3) is 0 Å². The molecular weight excluding hydrogens is 216 g/mol. The van der Waals surface area contributed by atoms with Gasteiger partial charge in [-0.3, -0.25) is 4.79 Å². The van der Waals surface area contributed by atoms with Gasteiger partial charge in [0.1, 0.15) is 0 Å². The molecule has 0 unspecified atom stereocenters. The van der Waals surface area contributed by atoms with Gasteiger partial charge < -0.3 is 14.6 Å². The van der Waals surface area contributed by atoms with Crippen LogP contribution in [0.2, 0.25) is 0 Å². The van der Waals surface area contributed by atoms with Crippen molar-refractivity contribution in [3.05, 3.63) is 24.0 Å². The predicted octanol–water partition coefficient (Wildman–Crippen LogP) is 1.94. The molecule has 0 radical (unpaired) electrons. The molecule has 0 fully saturated rings. The standard InChI is InChI=1S/C13H22N2O2/c1-3-8-14-11-12-6-4-9-15(12)10-5-7-13(16)17-2/h4,6,9,14H,3,5,7-8,10-11H2,1-2H3. The zero-order valence-corrected chi connectivity index (χ0v) is 10.7. The lowest BCUT2D eigenvalue weighted by Crippen LogP contribution is -2.17. The normalized spacial score (nSPS) is 10.5. The number of rotatable bonds is 8. The number of methoxy groups -OCH3 is 1. The average molecular weight is 238 g/mol. The van der Waals surface area contributed by atoms with Crippen LogP contribution in [0.15, 0.2) is 18.3 Å². The van der Waals surface area contributed by atoms with E-state index >= 15 is 0 Å². The number of carbonyl (C=O) groups is 1. The molecule has 0 aliphatic rings. The molecule has 0 aliphatic carbocycles. The highest BCUT2D eigenvalue weighted by molar-refractivity contribution is 5.68. The van der Waals surface area contributed by atoms with E-state index in [4.69, 9.17) is 0 Å². The Morgan fingerprint density at radius 1 is 1.53 bits per heavy atom. The molecule has 0 saturated carbocycles. The summed E-state index contributed by atoms with van der Waals surface area (Å²) in [5.41, 5.74) is 1.27. The van der Waals surface area contributed by atoms with E-state index in [0.29, 0.717) is 6.42 Å². The second-order valence-corrected chi connectivity index (χ2v) is 4.05. The van der Waals surface area contributed by atoms with Gasteiger partial charge >= 0.3 is 5.97 Å². The zero-order valence-electron chi connectivity index (χ0n) is 10.7.